The fraction of sp³-hybridized carbons (Fsp3) is 0.409. The average molecular weight is 518 g/mol. The van der Waals surface area contributed by atoms with Crippen LogP contribution in [0, 0.1) is 0 Å². The Labute approximate surface area is 207 Å². The second-order valence-electron chi connectivity index (χ2n) is 8.34. The highest BCUT2D eigenvalue weighted by molar-refractivity contribution is 8.00. The number of urea groups is 1. The van der Waals surface area contributed by atoms with Crippen LogP contribution in [0.15, 0.2) is 35.1 Å². The van der Waals surface area contributed by atoms with Crippen molar-refractivity contribution in [3.05, 3.63) is 46.2 Å². The SMILES string of the molecule is O=C(O)CCCC[C@@H]1SC[C@@H]2NC(=O)N[C@@H]21.O=c1[nH]c(NCc2ccccc2)nc2nc(P)[nH]c12. The Kier molecular flexibility index (Phi) is 8.25. The van der Waals surface area contributed by atoms with Crippen LogP contribution in [0.25, 0.3) is 11.2 Å². The van der Waals surface area contributed by atoms with Crippen LogP contribution in [0.2, 0.25) is 0 Å². The molecular weight excluding hydrogens is 489 g/mol. The van der Waals surface area contributed by atoms with Gasteiger partial charge in [0.1, 0.15) is 5.57 Å². The van der Waals surface area contributed by atoms with E-state index in [1.54, 1.807) is 0 Å². The van der Waals surface area contributed by atoms with Gasteiger partial charge in [0, 0.05) is 24.0 Å². The van der Waals surface area contributed by atoms with Gasteiger partial charge in [-0.2, -0.15) is 16.7 Å². The quantitative estimate of drug-likeness (QED) is 0.149. The van der Waals surface area contributed by atoms with Crippen molar-refractivity contribution in [1.82, 2.24) is 30.6 Å². The van der Waals surface area contributed by atoms with Crippen molar-refractivity contribution in [2.24, 2.45) is 0 Å². The maximum atomic E-state index is 11.8. The number of carboxylic acid groups (broad SMARTS) is 1. The molecule has 35 heavy (non-hydrogen) atoms. The van der Waals surface area contributed by atoms with Gasteiger partial charge in [-0.05, 0) is 18.4 Å². The number of amides is 2. The smallest absolute Gasteiger partial charge is 0.315 e. The lowest BCUT2D eigenvalue weighted by Gasteiger charge is -2.16. The Balaban J connectivity index is 0.000000168. The molecule has 3 aromatic rings. The third-order valence-corrected chi connectivity index (χ3v) is 7.53. The lowest BCUT2D eigenvalue weighted by Crippen LogP contribution is -2.36. The van der Waals surface area contributed by atoms with Crippen LogP contribution in [0.5, 0.6) is 0 Å². The molecule has 5 rings (SSSR count). The van der Waals surface area contributed by atoms with E-state index in [1.165, 1.54) is 0 Å². The fourth-order valence-electron chi connectivity index (χ4n) is 4.06. The topological polar surface area (TPSA) is 165 Å². The summed E-state index contributed by atoms with van der Waals surface area (Å²) in [6, 6.07) is 10.3. The number of carbonyl (C=O) groups excluding carboxylic acids is 1. The van der Waals surface area contributed by atoms with Crippen molar-refractivity contribution in [3.63, 3.8) is 0 Å². The van der Waals surface area contributed by atoms with E-state index in [1.807, 2.05) is 42.1 Å². The Bertz CT molecular complexity index is 1240. The molecule has 2 aromatic heterocycles. The maximum Gasteiger partial charge on any atom is 0.315 e. The largest absolute Gasteiger partial charge is 0.481 e. The average Bonchev–Trinajstić information content (AvgIpc) is 3.50. The number of unbranched alkanes of at least 4 members (excludes halogenated alkanes) is 1. The summed E-state index contributed by atoms with van der Waals surface area (Å²) >= 11 is 1.87. The first-order valence-electron chi connectivity index (χ1n) is 11.3. The molecular formula is C22H28N7O4PS. The van der Waals surface area contributed by atoms with Gasteiger partial charge in [0.05, 0.1) is 12.1 Å². The number of aromatic nitrogens is 4. The van der Waals surface area contributed by atoms with Crippen molar-refractivity contribution in [2.45, 2.75) is 49.6 Å². The lowest BCUT2D eigenvalue weighted by atomic mass is 10.0. The fourth-order valence-corrected chi connectivity index (χ4v) is 5.87. The number of imidazole rings is 1. The number of rotatable bonds is 8. The summed E-state index contributed by atoms with van der Waals surface area (Å²) in [6.45, 7) is 0.591. The molecule has 0 aliphatic carbocycles. The number of hydrogen-bond donors (Lipinski definition) is 6. The van der Waals surface area contributed by atoms with E-state index in [4.69, 9.17) is 5.11 Å². The second kappa shape index (κ2) is 11.5. The second-order valence-corrected chi connectivity index (χ2v) is 10.2. The summed E-state index contributed by atoms with van der Waals surface area (Å²) in [5, 5.41) is 17.9. The molecule has 0 spiro atoms. The molecule has 2 saturated heterocycles. The maximum absolute atomic E-state index is 11.8. The third-order valence-electron chi connectivity index (χ3n) is 5.75. The Morgan fingerprint density at radius 1 is 1.14 bits per heavy atom. The van der Waals surface area contributed by atoms with Crippen molar-refractivity contribution in [2.75, 3.05) is 11.1 Å². The minimum atomic E-state index is -0.729. The molecule has 0 radical (unpaired) electrons. The molecule has 4 atom stereocenters. The highest BCUT2D eigenvalue weighted by Gasteiger charge is 2.42. The van der Waals surface area contributed by atoms with Crippen molar-refractivity contribution in [3.8, 4) is 0 Å². The molecule has 2 fully saturated rings. The molecule has 0 saturated carbocycles. The molecule has 1 aromatic carbocycles. The molecule has 1 unspecified atom stereocenters. The number of nitrogens with one attached hydrogen (secondary N) is 5. The number of carbonyl (C=O) groups is 2. The van der Waals surface area contributed by atoms with Crippen molar-refractivity contribution >= 4 is 55.7 Å². The minimum Gasteiger partial charge on any atom is -0.481 e. The van der Waals surface area contributed by atoms with Gasteiger partial charge in [0.15, 0.2) is 11.2 Å². The van der Waals surface area contributed by atoms with Gasteiger partial charge in [-0.1, -0.05) is 46.0 Å². The van der Waals surface area contributed by atoms with Crippen LogP contribution in [-0.4, -0.2) is 60.1 Å². The normalized spacial score (nSPS) is 20.5. The number of benzene rings is 1. The van der Waals surface area contributed by atoms with Crippen molar-refractivity contribution in [1.29, 1.82) is 0 Å². The molecule has 13 heteroatoms. The molecule has 4 heterocycles. The van der Waals surface area contributed by atoms with Gasteiger partial charge in [0.25, 0.3) is 5.56 Å². The van der Waals surface area contributed by atoms with Crippen LogP contribution in [0.4, 0.5) is 10.7 Å². The predicted octanol–water partition coefficient (Wildman–Crippen LogP) is 1.56. The standard InChI is InChI=1S/C12H12N5OP.C10H16N2O3S/c18-10-8-9(16-12(19)14-8)15-11(17-10)13-6-7-4-2-1-3-5-7;13-8(14)4-2-1-3-7-9-6(5-16-7)11-10(15)12-9/h1-5H,6,19H2,(H3,13,14,15,16,17,18);6-7,9H,1-5H2,(H,13,14)(H2,11,12,15)/t;6-,7-,9-/m.0/s1. The predicted molar refractivity (Wildman–Crippen MR) is 139 cm³/mol. The molecule has 0 bridgehead atoms. The summed E-state index contributed by atoms with van der Waals surface area (Å²) < 4.78 is 0. The Morgan fingerprint density at radius 3 is 2.71 bits per heavy atom. The number of carboxylic acids is 1. The molecule has 11 nitrogen and oxygen atoms in total. The van der Waals surface area contributed by atoms with Crippen LogP contribution >= 0.6 is 21.0 Å². The first kappa shape index (κ1) is 25.0. The van der Waals surface area contributed by atoms with E-state index in [2.05, 4.69) is 45.1 Å². The van der Waals surface area contributed by atoms with Gasteiger partial charge in [-0.15, -0.1) is 0 Å². The number of hydrogen-bond acceptors (Lipinski definition) is 7. The number of anilines is 1. The van der Waals surface area contributed by atoms with Crippen LogP contribution in [-0.2, 0) is 11.3 Å². The minimum absolute atomic E-state index is 0.0640. The van der Waals surface area contributed by atoms with Crippen LogP contribution in [0.3, 0.4) is 0 Å². The van der Waals surface area contributed by atoms with E-state index < -0.39 is 5.97 Å². The summed E-state index contributed by atoms with van der Waals surface area (Å²) in [4.78, 5) is 47.2. The number of aliphatic carboxylic acids is 1. The molecule has 2 aliphatic rings. The lowest BCUT2D eigenvalue weighted by molar-refractivity contribution is -0.137. The van der Waals surface area contributed by atoms with E-state index in [0.29, 0.717) is 34.5 Å². The van der Waals surface area contributed by atoms with Crippen LogP contribution in [0.1, 0.15) is 31.2 Å². The van der Waals surface area contributed by atoms with E-state index in [9.17, 15) is 14.4 Å². The molecule has 186 valence electrons. The highest BCUT2D eigenvalue weighted by atomic mass is 32.2. The van der Waals surface area contributed by atoms with Crippen LogP contribution < -0.4 is 27.1 Å². The van der Waals surface area contributed by atoms with E-state index in [0.717, 1.165) is 30.6 Å². The summed E-state index contributed by atoms with van der Waals surface area (Å²) in [7, 11) is 2.41. The monoisotopic (exact) mass is 517 g/mol. The van der Waals surface area contributed by atoms with E-state index >= 15 is 0 Å². The highest BCUT2D eigenvalue weighted by Crippen LogP contribution is 2.33. The Morgan fingerprint density at radius 2 is 1.94 bits per heavy atom. The van der Waals surface area contributed by atoms with Gasteiger partial charge in [0.2, 0.25) is 5.95 Å². The van der Waals surface area contributed by atoms with Gasteiger partial charge in [-0.25, -0.2) is 9.78 Å². The number of H-pyrrole nitrogens is 2. The number of nitrogens with zero attached hydrogens (tertiary/aromatic N) is 2. The zero-order chi connectivity index (χ0) is 24.8. The summed E-state index contributed by atoms with van der Waals surface area (Å²) in [6.07, 6.45) is 2.88. The molecule has 2 amide bonds. The molecule has 2 aliphatic heterocycles. The summed E-state index contributed by atoms with van der Waals surface area (Å²) in [5.41, 5.74) is 2.26. The van der Waals surface area contributed by atoms with Gasteiger partial charge < -0.3 is 26.0 Å². The Hall–Kier alpha value is -3.11. The van der Waals surface area contributed by atoms with E-state index in [-0.39, 0.29) is 30.1 Å². The zero-order valence-corrected chi connectivity index (χ0v) is 20.9. The number of fused-ring (bicyclic) bond motifs is 2. The first-order chi connectivity index (χ1) is 16.9. The van der Waals surface area contributed by atoms with Gasteiger partial charge >= 0.3 is 12.0 Å². The van der Waals surface area contributed by atoms with Crippen molar-refractivity contribution < 1.29 is 14.7 Å². The first-order valence-corrected chi connectivity index (χ1v) is 13.0. The summed E-state index contributed by atoms with van der Waals surface area (Å²) in [5.74, 6) is 0.651. The number of aromatic amines is 2. The zero-order valence-electron chi connectivity index (χ0n) is 18.9. The number of thioether (sulfide) groups is 1. The third kappa shape index (κ3) is 6.73. The van der Waals surface area contributed by atoms with Gasteiger partial charge in [-0.3, -0.25) is 14.6 Å². The molecule has 6 N–H and O–H groups in total.